The number of aliphatic carboxylic acids is 1. The Labute approximate surface area is 119 Å². The van der Waals surface area contributed by atoms with Crippen molar-refractivity contribution in [3.05, 3.63) is 35.4 Å². The first-order chi connectivity index (χ1) is 9.31. The molecule has 4 heteroatoms. The summed E-state index contributed by atoms with van der Waals surface area (Å²) in [6.07, 6.45) is 2.62. The topological polar surface area (TPSA) is 66.4 Å². The van der Waals surface area contributed by atoms with Crippen LogP contribution in [0, 0.1) is 18.8 Å². The molecular weight excluding hydrogens is 254 g/mol. The van der Waals surface area contributed by atoms with Crippen molar-refractivity contribution in [2.45, 2.75) is 27.7 Å². The fourth-order valence-corrected chi connectivity index (χ4v) is 1.65. The van der Waals surface area contributed by atoms with Gasteiger partial charge in [-0.3, -0.25) is 4.79 Å². The number of carbonyl (C=O) groups excluding carboxylic acids is 1. The van der Waals surface area contributed by atoms with Crippen LogP contribution in [0.1, 0.15) is 31.9 Å². The van der Waals surface area contributed by atoms with Crippen LogP contribution in [0.5, 0.6) is 0 Å². The van der Waals surface area contributed by atoms with Gasteiger partial charge < -0.3 is 10.4 Å². The van der Waals surface area contributed by atoms with E-state index in [2.05, 4.69) is 5.32 Å². The number of carboxylic acids is 1. The SMILES string of the molecule is Cc1cc(C=CC(=O)O)ccc1NC(=O)C(C)C(C)C. The Morgan fingerprint density at radius 2 is 1.90 bits per heavy atom. The molecule has 108 valence electrons. The van der Waals surface area contributed by atoms with Crippen molar-refractivity contribution in [1.82, 2.24) is 0 Å². The monoisotopic (exact) mass is 275 g/mol. The van der Waals surface area contributed by atoms with Gasteiger partial charge in [0.1, 0.15) is 0 Å². The van der Waals surface area contributed by atoms with Gasteiger partial charge in [0.05, 0.1) is 0 Å². The van der Waals surface area contributed by atoms with E-state index in [1.54, 1.807) is 12.1 Å². The van der Waals surface area contributed by atoms with Crippen LogP contribution < -0.4 is 5.32 Å². The summed E-state index contributed by atoms with van der Waals surface area (Å²) >= 11 is 0. The van der Waals surface area contributed by atoms with Gasteiger partial charge in [-0.05, 0) is 42.2 Å². The highest BCUT2D eigenvalue weighted by Gasteiger charge is 2.17. The normalized spacial score (nSPS) is 12.7. The Morgan fingerprint density at radius 3 is 2.40 bits per heavy atom. The summed E-state index contributed by atoms with van der Waals surface area (Å²) in [6.45, 7) is 7.81. The van der Waals surface area contributed by atoms with E-state index >= 15 is 0 Å². The molecule has 0 spiro atoms. The molecule has 0 bridgehead atoms. The van der Waals surface area contributed by atoms with Crippen molar-refractivity contribution in [3.8, 4) is 0 Å². The van der Waals surface area contributed by atoms with E-state index in [0.29, 0.717) is 0 Å². The second-order valence-corrected chi connectivity index (χ2v) is 5.27. The molecule has 0 heterocycles. The molecule has 1 amide bonds. The largest absolute Gasteiger partial charge is 0.478 e. The van der Waals surface area contributed by atoms with Crippen LogP contribution in [-0.4, -0.2) is 17.0 Å². The summed E-state index contributed by atoms with van der Waals surface area (Å²) in [5, 5.41) is 11.5. The average Bonchev–Trinajstić information content (AvgIpc) is 2.37. The predicted octanol–water partition coefficient (Wildman–Crippen LogP) is 3.32. The number of rotatable bonds is 5. The number of benzene rings is 1. The molecule has 0 aliphatic heterocycles. The maximum absolute atomic E-state index is 12.0. The summed E-state index contributed by atoms with van der Waals surface area (Å²) < 4.78 is 0. The molecule has 0 radical (unpaired) electrons. The minimum atomic E-state index is -0.981. The van der Waals surface area contributed by atoms with Gasteiger partial charge in [0.15, 0.2) is 0 Å². The zero-order valence-corrected chi connectivity index (χ0v) is 12.3. The summed E-state index contributed by atoms with van der Waals surface area (Å²) in [6, 6.07) is 5.42. The van der Waals surface area contributed by atoms with E-state index in [9.17, 15) is 9.59 Å². The summed E-state index contributed by atoms with van der Waals surface area (Å²) in [7, 11) is 0. The van der Waals surface area contributed by atoms with Gasteiger partial charge in [0, 0.05) is 17.7 Å². The van der Waals surface area contributed by atoms with Crippen molar-refractivity contribution in [2.75, 3.05) is 5.32 Å². The van der Waals surface area contributed by atoms with Crippen molar-refractivity contribution >= 4 is 23.6 Å². The number of hydrogen-bond acceptors (Lipinski definition) is 2. The maximum Gasteiger partial charge on any atom is 0.328 e. The lowest BCUT2D eigenvalue weighted by Gasteiger charge is -2.16. The second-order valence-electron chi connectivity index (χ2n) is 5.27. The molecule has 0 aromatic heterocycles. The van der Waals surface area contributed by atoms with E-state index in [-0.39, 0.29) is 17.7 Å². The van der Waals surface area contributed by atoms with Gasteiger partial charge in [0.25, 0.3) is 0 Å². The Kier molecular flexibility index (Phi) is 5.50. The summed E-state index contributed by atoms with van der Waals surface area (Å²) in [4.78, 5) is 22.5. The zero-order valence-electron chi connectivity index (χ0n) is 12.3. The van der Waals surface area contributed by atoms with Crippen molar-refractivity contribution < 1.29 is 14.7 Å². The lowest BCUT2D eigenvalue weighted by atomic mass is 9.97. The van der Waals surface area contributed by atoms with Gasteiger partial charge in [-0.15, -0.1) is 0 Å². The minimum absolute atomic E-state index is 0.00284. The molecule has 2 N–H and O–H groups in total. The first kappa shape index (κ1) is 16.0. The molecule has 1 rings (SSSR count). The van der Waals surface area contributed by atoms with Crippen LogP contribution >= 0.6 is 0 Å². The van der Waals surface area contributed by atoms with Crippen molar-refractivity contribution in [2.24, 2.45) is 11.8 Å². The molecule has 1 aromatic rings. The molecule has 0 aliphatic rings. The van der Waals surface area contributed by atoms with Crippen LogP contribution in [0.15, 0.2) is 24.3 Å². The molecule has 1 unspecified atom stereocenters. The molecule has 1 aromatic carbocycles. The molecule has 4 nitrogen and oxygen atoms in total. The second kappa shape index (κ2) is 6.89. The van der Waals surface area contributed by atoms with E-state index in [1.165, 1.54) is 6.08 Å². The maximum atomic E-state index is 12.0. The first-order valence-corrected chi connectivity index (χ1v) is 6.63. The van der Waals surface area contributed by atoms with Gasteiger partial charge in [-0.25, -0.2) is 4.79 Å². The van der Waals surface area contributed by atoms with Crippen LogP contribution in [0.2, 0.25) is 0 Å². The van der Waals surface area contributed by atoms with Gasteiger partial charge >= 0.3 is 5.97 Å². The van der Waals surface area contributed by atoms with Gasteiger partial charge in [-0.1, -0.05) is 26.8 Å². The third-order valence-corrected chi connectivity index (χ3v) is 3.34. The molecule has 0 saturated heterocycles. The van der Waals surface area contributed by atoms with Crippen molar-refractivity contribution in [1.29, 1.82) is 0 Å². The van der Waals surface area contributed by atoms with Gasteiger partial charge in [0.2, 0.25) is 5.91 Å². The van der Waals surface area contributed by atoms with E-state index < -0.39 is 5.97 Å². The van der Waals surface area contributed by atoms with Gasteiger partial charge in [-0.2, -0.15) is 0 Å². The van der Waals surface area contributed by atoms with E-state index in [4.69, 9.17) is 5.11 Å². The molecule has 20 heavy (non-hydrogen) atoms. The smallest absolute Gasteiger partial charge is 0.328 e. The average molecular weight is 275 g/mol. The Hall–Kier alpha value is -2.10. The molecule has 0 fully saturated rings. The number of amides is 1. The van der Waals surface area contributed by atoms with Crippen LogP contribution in [0.25, 0.3) is 6.08 Å². The third-order valence-electron chi connectivity index (χ3n) is 3.34. The van der Waals surface area contributed by atoms with Crippen LogP contribution in [-0.2, 0) is 9.59 Å². The highest BCUT2D eigenvalue weighted by Crippen LogP contribution is 2.20. The highest BCUT2D eigenvalue weighted by atomic mass is 16.4. The standard InChI is InChI=1S/C16H21NO3/c1-10(2)12(4)16(20)17-14-7-5-13(9-11(14)3)6-8-15(18)19/h5-10,12H,1-4H3,(H,17,20)(H,18,19). The lowest BCUT2D eigenvalue weighted by molar-refractivity contribution is -0.131. The first-order valence-electron chi connectivity index (χ1n) is 6.63. The Bertz CT molecular complexity index is 533. The Morgan fingerprint density at radius 1 is 1.25 bits per heavy atom. The minimum Gasteiger partial charge on any atom is -0.478 e. The number of anilines is 1. The summed E-state index contributed by atoms with van der Waals surface area (Å²) in [5.41, 5.74) is 2.46. The quantitative estimate of drug-likeness (QED) is 0.810. The van der Waals surface area contributed by atoms with Crippen LogP contribution in [0.3, 0.4) is 0 Å². The molecule has 0 aliphatic carbocycles. The van der Waals surface area contributed by atoms with E-state index in [0.717, 1.165) is 22.9 Å². The molecular formula is C16H21NO3. The number of hydrogen-bond donors (Lipinski definition) is 2. The number of carbonyl (C=O) groups is 2. The highest BCUT2D eigenvalue weighted by molar-refractivity contribution is 5.93. The number of carboxylic acid groups (broad SMARTS) is 1. The zero-order chi connectivity index (χ0) is 15.3. The predicted molar refractivity (Wildman–Crippen MR) is 80.5 cm³/mol. The molecule has 0 saturated carbocycles. The van der Waals surface area contributed by atoms with E-state index in [1.807, 2.05) is 33.8 Å². The number of nitrogens with one attached hydrogen (secondary N) is 1. The molecule has 1 atom stereocenters. The third kappa shape index (κ3) is 4.53. The van der Waals surface area contributed by atoms with Crippen molar-refractivity contribution in [3.63, 3.8) is 0 Å². The lowest BCUT2D eigenvalue weighted by Crippen LogP contribution is -2.24. The fourth-order valence-electron chi connectivity index (χ4n) is 1.65. The Balaban J connectivity index is 2.83. The summed E-state index contributed by atoms with van der Waals surface area (Å²) in [5.74, 6) is -0.753. The van der Waals surface area contributed by atoms with Crippen LogP contribution in [0.4, 0.5) is 5.69 Å². The fraction of sp³-hybridized carbons (Fsp3) is 0.375. The number of aryl methyl sites for hydroxylation is 1.